The number of nitrogens with zero attached hydrogens (tertiary/aromatic N) is 1. The number of benzene rings is 1. The molecule has 1 aliphatic heterocycles. The highest BCUT2D eigenvalue weighted by molar-refractivity contribution is 8.00. The van der Waals surface area contributed by atoms with E-state index in [0.717, 1.165) is 36.7 Å². The summed E-state index contributed by atoms with van der Waals surface area (Å²) in [6.45, 7) is 1.11. The summed E-state index contributed by atoms with van der Waals surface area (Å²) in [5.74, 6) is -0.251. The Morgan fingerprint density at radius 1 is 1.48 bits per heavy atom. The zero-order chi connectivity index (χ0) is 16.9. The van der Waals surface area contributed by atoms with Gasteiger partial charge in [-0.2, -0.15) is 18.4 Å². The third-order valence-electron chi connectivity index (χ3n) is 3.34. The van der Waals surface area contributed by atoms with Crippen LogP contribution in [-0.4, -0.2) is 30.9 Å². The highest BCUT2D eigenvalue weighted by atomic mass is 32.2. The molecule has 0 saturated carbocycles. The quantitative estimate of drug-likeness (QED) is 0.834. The Kier molecular flexibility index (Phi) is 5.91. The van der Waals surface area contributed by atoms with Crippen molar-refractivity contribution in [3.8, 4) is 6.07 Å². The zero-order valence-electron chi connectivity index (χ0n) is 12.2. The maximum atomic E-state index is 12.9. The molecule has 124 valence electrons. The number of thioether (sulfide) groups is 1. The van der Waals surface area contributed by atoms with Crippen LogP contribution < -0.4 is 5.32 Å². The number of halogens is 3. The minimum Gasteiger partial charge on any atom is -0.376 e. The lowest BCUT2D eigenvalue weighted by molar-refractivity contribution is -0.137. The second-order valence-corrected chi connectivity index (χ2v) is 6.09. The summed E-state index contributed by atoms with van der Waals surface area (Å²) in [5.41, 5.74) is -1.41. The fourth-order valence-electron chi connectivity index (χ4n) is 2.18. The van der Waals surface area contributed by atoms with Crippen LogP contribution in [0.2, 0.25) is 0 Å². The van der Waals surface area contributed by atoms with Crippen LogP contribution in [0.15, 0.2) is 23.1 Å². The third-order valence-corrected chi connectivity index (χ3v) is 4.33. The molecule has 1 saturated heterocycles. The number of alkyl halides is 3. The summed E-state index contributed by atoms with van der Waals surface area (Å²) in [5, 5.41) is 11.4. The van der Waals surface area contributed by atoms with Crippen molar-refractivity contribution in [2.45, 2.75) is 30.0 Å². The van der Waals surface area contributed by atoms with Gasteiger partial charge in [0.25, 0.3) is 0 Å². The van der Waals surface area contributed by atoms with Crippen molar-refractivity contribution in [3.63, 3.8) is 0 Å². The van der Waals surface area contributed by atoms with E-state index in [4.69, 9.17) is 10.00 Å². The number of nitriles is 1. The number of hydrogen-bond acceptors (Lipinski definition) is 4. The number of nitrogens with one attached hydrogen (secondary N) is 1. The summed E-state index contributed by atoms with van der Waals surface area (Å²) in [7, 11) is 0. The van der Waals surface area contributed by atoms with Gasteiger partial charge in [0.2, 0.25) is 5.91 Å². The number of hydrogen-bond donors (Lipinski definition) is 1. The fourth-order valence-corrected chi connectivity index (χ4v) is 2.94. The molecule has 1 atom stereocenters. The molecule has 8 heteroatoms. The lowest BCUT2D eigenvalue weighted by Crippen LogP contribution is -2.32. The summed E-state index contributed by atoms with van der Waals surface area (Å²) >= 11 is 0.998. The van der Waals surface area contributed by atoms with Gasteiger partial charge in [-0.15, -0.1) is 11.8 Å². The van der Waals surface area contributed by atoms with Crippen molar-refractivity contribution in [1.29, 1.82) is 5.26 Å². The van der Waals surface area contributed by atoms with Gasteiger partial charge in [-0.1, -0.05) is 0 Å². The maximum absolute atomic E-state index is 12.9. The molecule has 0 unspecified atom stereocenters. The Balaban J connectivity index is 1.90. The molecule has 1 aromatic rings. The van der Waals surface area contributed by atoms with Crippen molar-refractivity contribution >= 4 is 17.7 Å². The van der Waals surface area contributed by atoms with Gasteiger partial charge < -0.3 is 10.1 Å². The monoisotopic (exact) mass is 344 g/mol. The van der Waals surface area contributed by atoms with E-state index in [1.54, 1.807) is 0 Å². The largest absolute Gasteiger partial charge is 0.417 e. The van der Waals surface area contributed by atoms with Crippen LogP contribution in [-0.2, 0) is 15.7 Å². The molecule has 1 aliphatic rings. The van der Waals surface area contributed by atoms with Crippen LogP contribution >= 0.6 is 11.8 Å². The highest BCUT2D eigenvalue weighted by Gasteiger charge is 2.33. The molecule has 4 nitrogen and oxygen atoms in total. The zero-order valence-corrected chi connectivity index (χ0v) is 13.0. The van der Waals surface area contributed by atoms with Gasteiger partial charge in [-0.25, -0.2) is 0 Å². The second kappa shape index (κ2) is 7.70. The molecule has 2 rings (SSSR count). The summed E-state index contributed by atoms with van der Waals surface area (Å²) in [6.07, 6.45) is -2.70. The van der Waals surface area contributed by atoms with Crippen LogP contribution in [0, 0.1) is 11.3 Å². The Morgan fingerprint density at radius 2 is 2.26 bits per heavy atom. The molecule has 23 heavy (non-hydrogen) atoms. The topological polar surface area (TPSA) is 62.1 Å². The predicted octanol–water partition coefficient (Wildman–Crippen LogP) is 2.96. The van der Waals surface area contributed by atoms with E-state index in [1.165, 1.54) is 12.1 Å². The molecule has 1 N–H and O–H groups in total. The van der Waals surface area contributed by atoms with E-state index in [-0.39, 0.29) is 17.8 Å². The molecular weight excluding hydrogens is 329 g/mol. The number of ether oxygens (including phenoxy) is 1. The molecule has 1 aromatic carbocycles. The van der Waals surface area contributed by atoms with Gasteiger partial charge in [0.05, 0.1) is 29.1 Å². The van der Waals surface area contributed by atoms with Crippen molar-refractivity contribution in [2.24, 2.45) is 0 Å². The molecule has 1 fully saturated rings. The Labute approximate surface area is 136 Å². The maximum Gasteiger partial charge on any atom is 0.417 e. The minimum absolute atomic E-state index is 0.00984. The van der Waals surface area contributed by atoms with Crippen LogP contribution in [0.4, 0.5) is 13.2 Å². The molecule has 0 aromatic heterocycles. The third kappa shape index (κ3) is 5.15. The first-order chi connectivity index (χ1) is 10.9. The van der Waals surface area contributed by atoms with E-state index in [0.29, 0.717) is 18.0 Å². The molecule has 1 amide bonds. The van der Waals surface area contributed by atoms with E-state index in [1.807, 2.05) is 0 Å². The van der Waals surface area contributed by atoms with Gasteiger partial charge in [-0.3, -0.25) is 4.79 Å². The summed E-state index contributed by atoms with van der Waals surface area (Å²) in [6, 6.07) is 4.95. The molecular formula is C15H15F3N2O2S. The van der Waals surface area contributed by atoms with Crippen LogP contribution in [0.1, 0.15) is 24.0 Å². The van der Waals surface area contributed by atoms with Gasteiger partial charge in [-0.05, 0) is 31.0 Å². The highest BCUT2D eigenvalue weighted by Crippen LogP contribution is 2.34. The van der Waals surface area contributed by atoms with E-state index >= 15 is 0 Å². The van der Waals surface area contributed by atoms with E-state index in [9.17, 15) is 18.0 Å². The van der Waals surface area contributed by atoms with Crippen molar-refractivity contribution in [1.82, 2.24) is 5.32 Å². The number of carbonyl (C=O) groups is 1. The Morgan fingerprint density at radius 3 is 2.87 bits per heavy atom. The molecule has 0 spiro atoms. The first-order valence-electron chi connectivity index (χ1n) is 7.02. The lowest BCUT2D eigenvalue weighted by Gasteiger charge is -2.12. The van der Waals surface area contributed by atoms with Gasteiger partial charge in [0.15, 0.2) is 0 Å². The summed E-state index contributed by atoms with van der Waals surface area (Å²) < 4.78 is 43.9. The molecule has 1 heterocycles. The minimum atomic E-state index is -4.59. The first kappa shape index (κ1) is 17.6. The standard InChI is InChI=1S/C15H15F3N2O2S/c16-15(17,18)13-6-12(4-3-10(13)7-19)23-9-14(21)20-8-11-2-1-5-22-11/h3-4,6,11H,1-2,5,8-9H2,(H,20,21)/t11-/m1/s1. The number of carbonyl (C=O) groups excluding carboxylic acids is 1. The van der Waals surface area contributed by atoms with Crippen LogP contribution in [0.3, 0.4) is 0 Å². The Bertz CT molecular complexity index is 608. The smallest absolute Gasteiger partial charge is 0.376 e. The normalized spacial score (nSPS) is 17.7. The average molecular weight is 344 g/mol. The van der Waals surface area contributed by atoms with Gasteiger partial charge in [0, 0.05) is 18.0 Å². The number of amides is 1. The molecule has 0 bridgehead atoms. The van der Waals surface area contributed by atoms with E-state index < -0.39 is 17.3 Å². The predicted molar refractivity (Wildman–Crippen MR) is 78.9 cm³/mol. The van der Waals surface area contributed by atoms with Crippen LogP contribution in [0.25, 0.3) is 0 Å². The van der Waals surface area contributed by atoms with E-state index in [2.05, 4.69) is 5.32 Å². The first-order valence-corrected chi connectivity index (χ1v) is 8.01. The van der Waals surface area contributed by atoms with Gasteiger partial charge >= 0.3 is 6.18 Å². The van der Waals surface area contributed by atoms with Gasteiger partial charge in [0.1, 0.15) is 0 Å². The Hall–Kier alpha value is -1.72. The second-order valence-electron chi connectivity index (χ2n) is 5.04. The van der Waals surface area contributed by atoms with Crippen molar-refractivity contribution in [2.75, 3.05) is 18.9 Å². The molecule has 0 aliphatic carbocycles. The molecule has 0 radical (unpaired) electrons. The number of rotatable bonds is 5. The van der Waals surface area contributed by atoms with Crippen molar-refractivity contribution < 1.29 is 22.7 Å². The van der Waals surface area contributed by atoms with Crippen molar-refractivity contribution in [3.05, 3.63) is 29.3 Å². The lowest BCUT2D eigenvalue weighted by atomic mass is 10.1. The fraction of sp³-hybridized carbons (Fsp3) is 0.467. The van der Waals surface area contributed by atoms with Crippen LogP contribution in [0.5, 0.6) is 0 Å². The SMILES string of the molecule is N#Cc1ccc(SCC(=O)NC[C@H]2CCCO2)cc1C(F)(F)F. The summed E-state index contributed by atoms with van der Waals surface area (Å²) in [4.78, 5) is 12.0. The average Bonchev–Trinajstić information content (AvgIpc) is 3.03.